The van der Waals surface area contributed by atoms with Crippen LogP contribution in [0.25, 0.3) is 0 Å². The molecule has 1 saturated carbocycles. The van der Waals surface area contributed by atoms with Crippen molar-refractivity contribution in [2.45, 2.75) is 32.0 Å². The molecular weight excluding hydrogens is 268 g/mol. The Balaban J connectivity index is 1.62. The first-order chi connectivity index (χ1) is 10.1. The number of aliphatic hydroxyl groups excluding tert-OH is 1. The average Bonchev–Trinajstić information content (AvgIpc) is 2.85. The van der Waals surface area contributed by atoms with Crippen LogP contribution in [0, 0.1) is 5.92 Å². The van der Waals surface area contributed by atoms with Gasteiger partial charge >= 0.3 is 0 Å². The molecule has 0 heterocycles. The van der Waals surface area contributed by atoms with E-state index in [4.69, 9.17) is 4.84 Å². The molecule has 1 fully saturated rings. The molecule has 0 spiro atoms. The van der Waals surface area contributed by atoms with Crippen LogP contribution in [0.4, 0.5) is 0 Å². The zero-order valence-corrected chi connectivity index (χ0v) is 12.5. The zero-order chi connectivity index (χ0) is 15.1. The molecule has 1 aromatic carbocycles. The molecule has 1 aromatic rings. The maximum absolute atomic E-state index is 11.8. The average molecular weight is 292 g/mol. The van der Waals surface area contributed by atoms with Crippen LogP contribution in [0.15, 0.2) is 30.3 Å². The Morgan fingerprint density at radius 1 is 1.38 bits per heavy atom. The highest BCUT2D eigenvalue weighted by Crippen LogP contribution is 2.25. The molecule has 2 rings (SSSR count). The minimum Gasteiger partial charge on any atom is -0.393 e. The summed E-state index contributed by atoms with van der Waals surface area (Å²) >= 11 is 0. The minimum atomic E-state index is -0.218. The van der Waals surface area contributed by atoms with Gasteiger partial charge in [-0.2, -0.15) is 0 Å². The molecule has 2 atom stereocenters. The molecule has 0 aliphatic heterocycles. The third-order valence-electron chi connectivity index (χ3n) is 3.85. The Hall–Kier alpha value is -1.43. The largest absolute Gasteiger partial charge is 0.393 e. The molecule has 5 nitrogen and oxygen atoms in total. The third-order valence-corrected chi connectivity index (χ3v) is 3.85. The van der Waals surface area contributed by atoms with Gasteiger partial charge in [-0.3, -0.25) is 14.5 Å². The molecule has 116 valence electrons. The van der Waals surface area contributed by atoms with Gasteiger partial charge in [-0.15, -0.1) is 0 Å². The number of carbonyl (C=O) groups is 1. The van der Waals surface area contributed by atoms with Gasteiger partial charge in [0.25, 0.3) is 5.91 Å². The lowest BCUT2D eigenvalue weighted by Gasteiger charge is -2.22. The number of hydrogen-bond donors (Lipinski definition) is 2. The predicted molar refractivity (Wildman–Crippen MR) is 80.2 cm³/mol. The van der Waals surface area contributed by atoms with Gasteiger partial charge in [-0.1, -0.05) is 36.8 Å². The summed E-state index contributed by atoms with van der Waals surface area (Å²) in [6.07, 6.45) is 2.78. The molecule has 1 amide bonds. The molecule has 1 aliphatic rings. The van der Waals surface area contributed by atoms with Crippen molar-refractivity contribution in [1.82, 2.24) is 10.4 Å². The van der Waals surface area contributed by atoms with Crippen LogP contribution in [0.5, 0.6) is 0 Å². The summed E-state index contributed by atoms with van der Waals surface area (Å²) < 4.78 is 0. The summed E-state index contributed by atoms with van der Waals surface area (Å²) in [5.41, 5.74) is 3.47. The normalized spacial score (nSPS) is 21.7. The number of rotatable bonds is 7. The molecule has 2 unspecified atom stereocenters. The minimum absolute atomic E-state index is 0.166. The van der Waals surface area contributed by atoms with E-state index in [-0.39, 0.29) is 24.5 Å². The van der Waals surface area contributed by atoms with E-state index in [1.807, 2.05) is 42.3 Å². The first kappa shape index (κ1) is 15.9. The van der Waals surface area contributed by atoms with Gasteiger partial charge in [-0.05, 0) is 31.4 Å². The van der Waals surface area contributed by atoms with Gasteiger partial charge in [0.1, 0.15) is 0 Å². The van der Waals surface area contributed by atoms with Crippen molar-refractivity contribution in [3.05, 3.63) is 35.9 Å². The molecule has 0 bridgehead atoms. The smallest absolute Gasteiger partial charge is 0.257 e. The molecule has 21 heavy (non-hydrogen) atoms. The summed E-state index contributed by atoms with van der Waals surface area (Å²) in [5.74, 6) is 0.119. The number of amides is 1. The molecular formula is C16H24N2O3. The van der Waals surface area contributed by atoms with E-state index in [1.165, 1.54) is 0 Å². The van der Waals surface area contributed by atoms with Crippen molar-refractivity contribution in [3.8, 4) is 0 Å². The van der Waals surface area contributed by atoms with Crippen LogP contribution in [0.1, 0.15) is 24.8 Å². The number of benzene rings is 1. The maximum atomic E-state index is 11.8. The second-order valence-electron chi connectivity index (χ2n) is 5.75. The topological polar surface area (TPSA) is 61.8 Å². The van der Waals surface area contributed by atoms with E-state index in [0.717, 1.165) is 31.4 Å². The SMILES string of the molecule is CN(CC(=O)NOCc1ccccc1)CC1CCCC1O. The fourth-order valence-corrected chi connectivity index (χ4v) is 2.75. The Morgan fingerprint density at radius 2 is 2.14 bits per heavy atom. The molecule has 0 saturated heterocycles. The van der Waals surface area contributed by atoms with E-state index in [2.05, 4.69) is 5.48 Å². The van der Waals surface area contributed by atoms with Crippen molar-refractivity contribution in [2.24, 2.45) is 5.92 Å². The van der Waals surface area contributed by atoms with E-state index < -0.39 is 0 Å². The fraction of sp³-hybridized carbons (Fsp3) is 0.562. The van der Waals surface area contributed by atoms with Crippen molar-refractivity contribution in [3.63, 3.8) is 0 Å². The summed E-state index contributed by atoms with van der Waals surface area (Å²) in [7, 11) is 1.89. The van der Waals surface area contributed by atoms with Gasteiger partial charge in [-0.25, -0.2) is 5.48 Å². The van der Waals surface area contributed by atoms with Gasteiger partial charge in [0, 0.05) is 6.54 Å². The summed E-state index contributed by atoms with van der Waals surface area (Å²) in [5, 5.41) is 9.79. The first-order valence-corrected chi connectivity index (χ1v) is 7.46. The number of likely N-dealkylation sites (N-methyl/N-ethyl adjacent to an activating group) is 1. The first-order valence-electron chi connectivity index (χ1n) is 7.46. The van der Waals surface area contributed by atoms with E-state index >= 15 is 0 Å². The fourth-order valence-electron chi connectivity index (χ4n) is 2.75. The van der Waals surface area contributed by atoms with Crippen molar-refractivity contribution in [1.29, 1.82) is 0 Å². The van der Waals surface area contributed by atoms with Gasteiger partial charge in [0.15, 0.2) is 0 Å². The number of hydroxylamine groups is 1. The van der Waals surface area contributed by atoms with Crippen LogP contribution in [-0.2, 0) is 16.2 Å². The molecule has 1 aliphatic carbocycles. The Bertz CT molecular complexity index is 438. The Labute approximate surface area is 125 Å². The highest BCUT2D eigenvalue weighted by atomic mass is 16.6. The Kier molecular flexibility index (Phi) is 6.17. The van der Waals surface area contributed by atoms with E-state index in [1.54, 1.807) is 0 Å². The van der Waals surface area contributed by atoms with Crippen LogP contribution in [-0.4, -0.2) is 42.2 Å². The molecule has 0 radical (unpaired) electrons. The van der Waals surface area contributed by atoms with Crippen LogP contribution >= 0.6 is 0 Å². The predicted octanol–water partition coefficient (Wildman–Crippen LogP) is 1.33. The van der Waals surface area contributed by atoms with Crippen LogP contribution in [0.2, 0.25) is 0 Å². The number of aliphatic hydroxyl groups is 1. The lowest BCUT2D eigenvalue weighted by molar-refractivity contribution is -0.135. The molecule has 5 heteroatoms. The number of hydrogen-bond acceptors (Lipinski definition) is 4. The van der Waals surface area contributed by atoms with Crippen molar-refractivity contribution >= 4 is 5.91 Å². The van der Waals surface area contributed by atoms with Gasteiger partial charge in [0.2, 0.25) is 0 Å². The highest BCUT2D eigenvalue weighted by Gasteiger charge is 2.26. The summed E-state index contributed by atoms with van der Waals surface area (Å²) in [6.45, 7) is 1.38. The lowest BCUT2D eigenvalue weighted by Crippen LogP contribution is -2.38. The molecule has 2 N–H and O–H groups in total. The van der Waals surface area contributed by atoms with Gasteiger partial charge in [0.05, 0.1) is 19.3 Å². The zero-order valence-electron chi connectivity index (χ0n) is 12.5. The number of carbonyl (C=O) groups excluding carboxylic acids is 1. The lowest BCUT2D eigenvalue weighted by atomic mass is 10.1. The second kappa shape index (κ2) is 8.12. The van der Waals surface area contributed by atoms with Gasteiger partial charge < -0.3 is 5.11 Å². The quantitative estimate of drug-likeness (QED) is 0.744. The summed E-state index contributed by atoms with van der Waals surface area (Å²) in [4.78, 5) is 18.9. The van der Waals surface area contributed by atoms with Crippen molar-refractivity contribution in [2.75, 3.05) is 20.1 Å². The van der Waals surface area contributed by atoms with Crippen molar-refractivity contribution < 1.29 is 14.7 Å². The van der Waals surface area contributed by atoms with Crippen LogP contribution < -0.4 is 5.48 Å². The maximum Gasteiger partial charge on any atom is 0.257 e. The highest BCUT2D eigenvalue weighted by molar-refractivity contribution is 5.76. The monoisotopic (exact) mass is 292 g/mol. The standard InChI is InChI=1S/C16H24N2O3/c1-18(10-14-8-5-9-15(14)19)11-16(20)17-21-12-13-6-3-2-4-7-13/h2-4,6-7,14-15,19H,5,8-12H2,1H3,(H,17,20). The van der Waals surface area contributed by atoms with E-state index in [9.17, 15) is 9.90 Å². The van der Waals surface area contributed by atoms with Crippen LogP contribution in [0.3, 0.4) is 0 Å². The Morgan fingerprint density at radius 3 is 2.81 bits per heavy atom. The number of nitrogens with zero attached hydrogens (tertiary/aromatic N) is 1. The third kappa shape index (κ3) is 5.46. The molecule has 0 aromatic heterocycles. The second-order valence-corrected chi connectivity index (χ2v) is 5.75. The number of nitrogens with one attached hydrogen (secondary N) is 1. The summed E-state index contributed by atoms with van der Waals surface area (Å²) in [6, 6.07) is 9.69. The van der Waals surface area contributed by atoms with E-state index in [0.29, 0.717) is 6.61 Å².